The second-order valence-electron chi connectivity index (χ2n) is 4.76. The number of rotatable bonds is 4. The van der Waals surface area contributed by atoms with Gasteiger partial charge in [-0.2, -0.15) is 0 Å². The molecule has 2 atom stereocenters. The Morgan fingerprint density at radius 2 is 2.33 bits per heavy atom. The van der Waals surface area contributed by atoms with E-state index >= 15 is 0 Å². The molecule has 4 heteroatoms. The number of carbonyl (C=O) groups excluding carboxylic acids is 2. The number of nitrogens with one attached hydrogen (secondary N) is 2. The molecule has 0 bridgehead atoms. The fourth-order valence-electron chi connectivity index (χ4n) is 2.03. The van der Waals surface area contributed by atoms with E-state index in [0.29, 0.717) is 18.9 Å². The van der Waals surface area contributed by atoms with Crippen LogP contribution >= 0.6 is 0 Å². The Balaban J connectivity index is 1.69. The molecule has 2 unspecified atom stereocenters. The zero-order valence-corrected chi connectivity index (χ0v) is 9.08. The van der Waals surface area contributed by atoms with E-state index in [1.54, 1.807) is 0 Å². The molecule has 0 aromatic rings. The fourth-order valence-corrected chi connectivity index (χ4v) is 2.03. The van der Waals surface area contributed by atoms with E-state index in [-0.39, 0.29) is 17.7 Å². The smallest absolute Gasteiger partial charge is 0.225 e. The average molecular weight is 210 g/mol. The van der Waals surface area contributed by atoms with Gasteiger partial charge in [-0.05, 0) is 24.7 Å². The summed E-state index contributed by atoms with van der Waals surface area (Å²) >= 11 is 0. The molecule has 2 amide bonds. The average Bonchev–Trinajstić information content (AvgIpc) is 2.97. The predicted octanol–water partition coefficient (Wildman–Crippen LogP) is 0.285. The number of hydrogen-bond acceptors (Lipinski definition) is 2. The third kappa shape index (κ3) is 2.70. The van der Waals surface area contributed by atoms with Gasteiger partial charge >= 0.3 is 0 Å². The lowest BCUT2D eigenvalue weighted by Crippen LogP contribution is -2.35. The van der Waals surface area contributed by atoms with Gasteiger partial charge in [-0.15, -0.1) is 0 Å². The van der Waals surface area contributed by atoms with Crippen LogP contribution in [0.1, 0.15) is 26.2 Å². The zero-order chi connectivity index (χ0) is 10.8. The summed E-state index contributed by atoms with van der Waals surface area (Å²) in [6.45, 7) is 3.44. The summed E-state index contributed by atoms with van der Waals surface area (Å²) < 4.78 is 0. The van der Waals surface area contributed by atoms with Gasteiger partial charge in [0.25, 0.3) is 0 Å². The molecule has 4 nitrogen and oxygen atoms in total. The molecule has 1 aliphatic heterocycles. The highest BCUT2D eigenvalue weighted by Gasteiger charge is 2.30. The molecule has 2 aliphatic rings. The molecule has 1 heterocycles. The fraction of sp³-hybridized carbons (Fsp3) is 0.818. The molecule has 2 N–H and O–H groups in total. The second-order valence-corrected chi connectivity index (χ2v) is 4.76. The highest BCUT2D eigenvalue weighted by atomic mass is 16.2. The summed E-state index contributed by atoms with van der Waals surface area (Å²) in [5.74, 6) is 1.27. The molecular formula is C11H18N2O2. The van der Waals surface area contributed by atoms with E-state index in [2.05, 4.69) is 17.6 Å². The summed E-state index contributed by atoms with van der Waals surface area (Å²) in [6, 6.07) is 0. The molecule has 0 spiro atoms. The Morgan fingerprint density at radius 1 is 1.60 bits per heavy atom. The van der Waals surface area contributed by atoms with Gasteiger partial charge in [0.15, 0.2) is 0 Å². The summed E-state index contributed by atoms with van der Waals surface area (Å²) in [6.07, 6.45) is 2.96. The first-order valence-electron chi connectivity index (χ1n) is 5.71. The van der Waals surface area contributed by atoms with Crippen molar-refractivity contribution in [2.45, 2.75) is 26.2 Å². The first-order chi connectivity index (χ1) is 7.16. The van der Waals surface area contributed by atoms with Gasteiger partial charge in [0.2, 0.25) is 11.8 Å². The summed E-state index contributed by atoms with van der Waals surface area (Å²) in [7, 11) is 0. The van der Waals surface area contributed by atoms with Gasteiger partial charge < -0.3 is 10.6 Å². The van der Waals surface area contributed by atoms with Crippen molar-refractivity contribution < 1.29 is 9.59 Å². The van der Waals surface area contributed by atoms with Crippen LogP contribution in [0.15, 0.2) is 0 Å². The van der Waals surface area contributed by atoms with Crippen molar-refractivity contribution >= 4 is 11.8 Å². The van der Waals surface area contributed by atoms with E-state index < -0.39 is 0 Å². The zero-order valence-electron chi connectivity index (χ0n) is 9.08. The van der Waals surface area contributed by atoms with Crippen LogP contribution in [-0.4, -0.2) is 24.9 Å². The van der Waals surface area contributed by atoms with Crippen molar-refractivity contribution in [1.29, 1.82) is 0 Å². The lowest BCUT2D eigenvalue weighted by atomic mass is 10.1. The molecule has 0 aromatic heterocycles. The summed E-state index contributed by atoms with van der Waals surface area (Å²) in [4.78, 5) is 22.6. The third-order valence-corrected chi connectivity index (χ3v) is 3.37. The lowest BCUT2D eigenvalue weighted by molar-refractivity contribution is -0.126. The van der Waals surface area contributed by atoms with Crippen LogP contribution in [0, 0.1) is 17.8 Å². The Labute approximate surface area is 89.8 Å². The number of carbonyl (C=O) groups is 2. The molecule has 15 heavy (non-hydrogen) atoms. The van der Waals surface area contributed by atoms with Gasteiger partial charge in [-0.1, -0.05) is 6.92 Å². The Kier molecular flexibility index (Phi) is 2.93. The van der Waals surface area contributed by atoms with Crippen LogP contribution < -0.4 is 10.6 Å². The quantitative estimate of drug-likeness (QED) is 0.700. The monoisotopic (exact) mass is 210 g/mol. The minimum Gasteiger partial charge on any atom is -0.356 e. The maximum Gasteiger partial charge on any atom is 0.225 e. The molecule has 1 saturated carbocycles. The molecule has 2 rings (SSSR count). The standard InChI is InChI=1S/C11H18N2O2/c1-7(8-2-3-8)5-13-11(15)9-4-10(14)12-6-9/h7-9H,2-6H2,1H3,(H,12,14)(H,13,15). The van der Waals surface area contributed by atoms with Gasteiger partial charge in [-0.3, -0.25) is 9.59 Å². The van der Waals surface area contributed by atoms with Crippen molar-refractivity contribution in [2.24, 2.45) is 17.8 Å². The number of amides is 2. The summed E-state index contributed by atoms with van der Waals surface area (Å²) in [5, 5.41) is 5.61. The maximum atomic E-state index is 11.6. The van der Waals surface area contributed by atoms with E-state index in [0.717, 1.165) is 12.5 Å². The molecule has 84 valence electrons. The highest BCUT2D eigenvalue weighted by Crippen LogP contribution is 2.36. The maximum absolute atomic E-state index is 11.6. The van der Waals surface area contributed by atoms with Crippen LogP contribution in [0.2, 0.25) is 0 Å². The first-order valence-corrected chi connectivity index (χ1v) is 5.71. The van der Waals surface area contributed by atoms with Crippen LogP contribution in [0.25, 0.3) is 0 Å². The van der Waals surface area contributed by atoms with Crippen LogP contribution in [0.4, 0.5) is 0 Å². The van der Waals surface area contributed by atoms with E-state index in [9.17, 15) is 9.59 Å². The minimum atomic E-state index is -0.149. The van der Waals surface area contributed by atoms with Crippen LogP contribution in [-0.2, 0) is 9.59 Å². The van der Waals surface area contributed by atoms with Gasteiger partial charge in [0, 0.05) is 19.5 Å². The van der Waals surface area contributed by atoms with E-state index in [1.807, 2.05) is 0 Å². The van der Waals surface area contributed by atoms with Crippen molar-refractivity contribution in [3.63, 3.8) is 0 Å². The van der Waals surface area contributed by atoms with E-state index in [1.165, 1.54) is 12.8 Å². The Hall–Kier alpha value is -1.06. The van der Waals surface area contributed by atoms with Crippen molar-refractivity contribution in [1.82, 2.24) is 10.6 Å². The lowest BCUT2D eigenvalue weighted by Gasteiger charge is -2.13. The first kappa shape index (κ1) is 10.5. The topological polar surface area (TPSA) is 58.2 Å². The second kappa shape index (κ2) is 4.21. The van der Waals surface area contributed by atoms with Crippen LogP contribution in [0.5, 0.6) is 0 Å². The normalized spacial score (nSPS) is 27.3. The summed E-state index contributed by atoms with van der Waals surface area (Å²) in [5.41, 5.74) is 0. The number of hydrogen-bond donors (Lipinski definition) is 2. The van der Waals surface area contributed by atoms with E-state index in [4.69, 9.17) is 0 Å². The Morgan fingerprint density at radius 3 is 2.87 bits per heavy atom. The highest BCUT2D eigenvalue weighted by molar-refractivity contribution is 5.89. The van der Waals surface area contributed by atoms with Gasteiger partial charge in [0.1, 0.15) is 0 Å². The van der Waals surface area contributed by atoms with Gasteiger partial charge in [0.05, 0.1) is 5.92 Å². The van der Waals surface area contributed by atoms with Crippen molar-refractivity contribution in [3.8, 4) is 0 Å². The molecule has 1 saturated heterocycles. The molecule has 1 aliphatic carbocycles. The molecule has 2 fully saturated rings. The molecule has 0 radical (unpaired) electrons. The Bertz CT molecular complexity index is 274. The third-order valence-electron chi connectivity index (χ3n) is 3.37. The van der Waals surface area contributed by atoms with Gasteiger partial charge in [-0.25, -0.2) is 0 Å². The minimum absolute atomic E-state index is 0.00890. The van der Waals surface area contributed by atoms with Crippen molar-refractivity contribution in [3.05, 3.63) is 0 Å². The SMILES string of the molecule is CC(CNC(=O)C1CNC(=O)C1)C1CC1. The largest absolute Gasteiger partial charge is 0.356 e. The molecule has 0 aromatic carbocycles. The van der Waals surface area contributed by atoms with Crippen molar-refractivity contribution in [2.75, 3.05) is 13.1 Å². The predicted molar refractivity (Wildman–Crippen MR) is 56.0 cm³/mol. The molecular weight excluding hydrogens is 192 g/mol. The van der Waals surface area contributed by atoms with Crippen LogP contribution in [0.3, 0.4) is 0 Å².